The van der Waals surface area contributed by atoms with Crippen molar-refractivity contribution in [1.29, 1.82) is 0 Å². The molecule has 1 nitrogen and oxygen atoms in total. The van der Waals surface area contributed by atoms with Gasteiger partial charge in [0.25, 0.3) is 0 Å². The van der Waals surface area contributed by atoms with Gasteiger partial charge in [-0.15, -0.1) is 0 Å². The first-order valence-corrected chi connectivity index (χ1v) is 5.78. The molecule has 0 amide bonds. The highest BCUT2D eigenvalue weighted by Gasteiger charge is 2.06. The third-order valence-electron chi connectivity index (χ3n) is 2.65. The summed E-state index contributed by atoms with van der Waals surface area (Å²) in [4.78, 5) is 0. The molecule has 0 aromatic heterocycles. The summed E-state index contributed by atoms with van der Waals surface area (Å²) in [5.41, 5.74) is 7.73. The second-order valence-corrected chi connectivity index (χ2v) is 4.95. The summed E-state index contributed by atoms with van der Waals surface area (Å²) in [5, 5.41) is 2.42. The molecule has 0 radical (unpaired) electrons. The van der Waals surface area contributed by atoms with Gasteiger partial charge in [0, 0.05) is 5.56 Å². The first-order valence-electron chi connectivity index (χ1n) is 5.78. The Balaban J connectivity index is 2.66. The zero-order valence-corrected chi connectivity index (χ0v) is 10.5. The van der Waals surface area contributed by atoms with Gasteiger partial charge in [-0.2, -0.15) is 0 Å². The Morgan fingerprint density at radius 3 is 2.47 bits per heavy atom. The van der Waals surface area contributed by atoms with Crippen LogP contribution in [0.3, 0.4) is 0 Å². The molecule has 0 saturated heterocycles. The lowest BCUT2D eigenvalue weighted by molar-refractivity contribution is 0.680. The molecule has 0 aliphatic heterocycles. The molecule has 17 heavy (non-hydrogen) atoms. The predicted molar refractivity (Wildman–Crippen MR) is 73.8 cm³/mol. The first-order chi connectivity index (χ1) is 7.97. The van der Waals surface area contributed by atoms with Crippen LogP contribution in [0.2, 0.25) is 0 Å². The lowest BCUT2D eigenvalue weighted by Gasteiger charge is -2.09. The Morgan fingerprint density at radius 2 is 1.76 bits per heavy atom. The quantitative estimate of drug-likeness (QED) is 0.682. The van der Waals surface area contributed by atoms with Gasteiger partial charge in [-0.05, 0) is 37.1 Å². The molecule has 0 aliphatic rings. The van der Waals surface area contributed by atoms with E-state index >= 15 is 0 Å². The van der Waals surface area contributed by atoms with Crippen LogP contribution in [0.25, 0.3) is 10.8 Å². The topological polar surface area (TPSA) is 26.0 Å². The summed E-state index contributed by atoms with van der Waals surface area (Å²) in [6.07, 6.45) is 0. The average molecular weight is 223 g/mol. The molecule has 2 aromatic carbocycles. The Hall–Kier alpha value is -1.78. The molecule has 2 rings (SSSR count). The number of fused-ring (bicyclic) bond motifs is 1. The maximum atomic E-state index is 5.90. The van der Waals surface area contributed by atoms with Crippen LogP contribution < -0.4 is 5.73 Å². The SMILES string of the molecule is Cc1ccc2ccccc2c1C#CC(C)(C)N. The summed E-state index contributed by atoms with van der Waals surface area (Å²) in [6, 6.07) is 12.5. The maximum absolute atomic E-state index is 5.90. The van der Waals surface area contributed by atoms with Crippen LogP contribution in [0, 0.1) is 18.8 Å². The molecular formula is C16H17N. The third-order valence-corrected chi connectivity index (χ3v) is 2.65. The van der Waals surface area contributed by atoms with Crippen molar-refractivity contribution in [2.75, 3.05) is 0 Å². The van der Waals surface area contributed by atoms with Gasteiger partial charge in [-0.25, -0.2) is 0 Å². The van der Waals surface area contributed by atoms with E-state index in [0.717, 1.165) is 5.56 Å². The van der Waals surface area contributed by atoms with Crippen molar-refractivity contribution in [3.8, 4) is 11.8 Å². The van der Waals surface area contributed by atoms with Crippen LogP contribution in [-0.4, -0.2) is 5.54 Å². The monoisotopic (exact) mass is 223 g/mol. The number of benzene rings is 2. The minimum absolute atomic E-state index is 0.455. The van der Waals surface area contributed by atoms with Crippen molar-refractivity contribution in [3.63, 3.8) is 0 Å². The van der Waals surface area contributed by atoms with Crippen LogP contribution in [0.1, 0.15) is 25.0 Å². The van der Waals surface area contributed by atoms with Gasteiger partial charge in [-0.3, -0.25) is 0 Å². The van der Waals surface area contributed by atoms with Crippen LogP contribution in [0.4, 0.5) is 0 Å². The van der Waals surface area contributed by atoms with E-state index in [9.17, 15) is 0 Å². The van der Waals surface area contributed by atoms with Crippen LogP contribution in [-0.2, 0) is 0 Å². The number of hydrogen-bond donors (Lipinski definition) is 1. The first kappa shape index (κ1) is 11.7. The van der Waals surface area contributed by atoms with E-state index in [4.69, 9.17) is 5.73 Å². The highest BCUT2D eigenvalue weighted by molar-refractivity contribution is 5.89. The van der Waals surface area contributed by atoms with Crippen molar-refractivity contribution in [2.45, 2.75) is 26.3 Å². The molecule has 0 atom stereocenters. The van der Waals surface area contributed by atoms with E-state index in [-0.39, 0.29) is 0 Å². The third kappa shape index (κ3) is 2.67. The molecule has 0 unspecified atom stereocenters. The van der Waals surface area contributed by atoms with Crippen molar-refractivity contribution >= 4 is 10.8 Å². The largest absolute Gasteiger partial charge is 0.316 e. The van der Waals surface area contributed by atoms with Crippen molar-refractivity contribution in [2.24, 2.45) is 5.73 Å². The molecule has 0 aliphatic carbocycles. The fourth-order valence-electron chi connectivity index (χ4n) is 1.77. The van der Waals surface area contributed by atoms with Gasteiger partial charge >= 0.3 is 0 Å². The van der Waals surface area contributed by atoms with E-state index in [0.29, 0.717) is 0 Å². The van der Waals surface area contributed by atoms with Gasteiger partial charge in [0.1, 0.15) is 0 Å². The van der Waals surface area contributed by atoms with E-state index in [2.05, 4.69) is 43.0 Å². The van der Waals surface area contributed by atoms with Crippen molar-refractivity contribution in [1.82, 2.24) is 0 Å². The minimum Gasteiger partial charge on any atom is -0.316 e. The summed E-state index contributed by atoms with van der Waals surface area (Å²) in [6.45, 7) is 5.92. The average Bonchev–Trinajstić information content (AvgIpc) is 2.26. The molecule has 0 spiro atoms. The summed E-state index contributed by atoms with van der Waals surface area (Å²) in [7, 11) is 0. The van der Waals surface area contributed by atoms with E-state index in [1.807, 2.05) is 26.0 Å². The number of rotatable bonds is 0. The zero-order valence-electron chi connectivity index (χ0n) is 10.5. The zero-order chi connectivity index (χ0) is 12.5. The molecule has 86 valence electrons. The van der Waals surface area contributed by atoms with E-state index in [1.54, 1.807) is 0 Å². The highest BCUT2D eigenvalue weighted by Crippen LogP contribution is 2.21. The molecule has 2 N–H and O–H groups in total. The highest BCUT2D eigenvalue weighted by atomic mass is 14.7. The lowest BCUT2D eigenvalue weighted by Crippen LogP contribution is -2.29. The Morgan fingerprint density at radius 1 is 1.06 bits per heavy atom. The lowest BCUT2D eigenvalue weighted by atomic mass is 9.99. The second-order valence-electron chi connectivity index (χ2n) is 4.95. The van der Waals surface area contributed by atoms with Crippen molar-refractivity contribution in [3.05, 3.63) is 47.5 Å². The van der Waals surface area contributed by atoms with Gasteiger partial charge < -0.3 is 5.73 Å². The van der Waals surface area contributed by atoms with Crippen LogP contribution >= 0.6 is 0 Å². The number of aryl methyl sites for hydroxylation is 1. The molecule has 0 fully saturated rings. The Labute approximate surface area is 103 Å². The molecular weight excluding hydrogens is 206 g/mol. The number of nitrogens with two attached hydrogens (primary N) is 1. The van der Waals surface area contributed by atoms with E-state index in [1.165, 1.54) is 16.3 Å². The van der Waals surface area contributed by atoms with Gasteiger partial charge in [0.2, 0.25) is 0 Å². The van der Waals surface area contributed by atoms with Crippen LogP contribution in [0.15, 0.2) is 36.4 Å². The normalized spacial score (nSPS) is 11.1. The molecule has 0 saturated carbocycles. The van der Waals surface area contributed by atoms with Gasteiger partial charge in [-0.1, -0.05) is 48.2 Å². The minimum atomic E-state index is -0.455. The second kappa shape index (κ2) is 4.24. The smallest absolute Gasteiger partial charge is 0.0722 e. The molecule has 2 aromatic rings. The standard InChI is InChI=1S/C16H17N/c1-12-8-9-13-6-4-5-7-15(13)14(12)10-11-16(2,3)17/h4-9H,17H2,1-3H3. The summed E-state index contributed by atoms with van der Waals surface area (Å²) < 4.78 is 0. The fourth-order valence-corrected chi connectivity index (χ4v) is 1.77. The van der Waals surface area contributed by atoms with Gasteiger partial charge in [0.05, 0.1) is 5.54 Å². The Bertz CT molecular complexity index is 607. The Kier molecular flexibility index (Phi) is 2.92. The molecule has 0 bridgehead atoms. The molecule has 1 heteroatoms. The fraction of sp³-hybridized carbons (Fsp3) is 0.250. The summed E-state index contributed by atoms with van der Waals surface area (Å²) in [5.74, 6) is 6.32. The maximum Gasteiger partial charge on any atom is 0.0722 e. The number of hydrogen-bond acceptors (Lipinski definition) is 1. The van der Waals surface area contributed by atoms with Gasteiger partial charge in [0.15, 0.2) is 0 Å². The summed E-state index contributed by atoms with van der Waals surface area (Å²) >= 11 is 0. The van der Waals surface area contributed by atoms with Crippen LogP contribution in [0.5, 0.6) is 0 Å². The molecule has 0 heterocycles. The predicted octanol–water partition coefficient (Wildman–Crippen LogP) is 3.24. The van der Waals surface area contributed by atoms with E-state index < -0.39 is 5.54 Å². The van der Waals surface area contributed by atoms with Crippen molar-refractivity contribution < 1.29 is 0 Å².